The number of allylic oxidation sites excluding steroid dienone is 5. The quantitative estimate of drug-likeness (QED) is 0.321. The van der Waals surface area contributed by atoms with Crippen molar-refractivity contribution in [3.05, 3.63) is 77.9 Å². The first kappa shape index (κ1) is 22.0. The topological polar surface area (TPSA) is 0 Å². The van der Waals surface area contributed by atoms with E-state index >= 15 is 0 Å². The molecule has 4 rings (SSSR count). The van der Waals surface area contributed by atoms with Crippen LogP contribution in [-0.2, 0) is 15.8 Å². The van der Waals surface area contributed by atoms with E-state index in [0.717, 1.165) is 6.42 Å². The van der Waals surface area contributed by atoms with Gasteiger partial charge in [-0.25, -0.2) is 0 Å². The maximum atomic E-state index is 2.73. The van der Waals surface area contributed by atoms with Crippen molar-refractivity contribution < 1.29 is 12.6 Å². The van der Waals surface area contributed by atoms with Gasteiger partial charge in [0.25, 0.3) is 0 Å². The Hall–Kier alpha value is -1.21. The minimum absolute atomic E-state index is 0.0707. The first-order chi connectivity index (χ1) is 13.1. The van der Waals surface area contributed by atoms with E-state index in [1.807, 2.05) is 0 Å². The molecule has 0 spiro atoms. The van der Waals surface area contributed by atoms with E-state index in [4.69, 9.17) is 0 Å². The van der Waals surface area contributed by atoms with Gasteiger partial charge in [0.05, 0.1) is 0 Å². The summed E-state index contributed by atoms with van der Waals surface area (Å²) in [5.41, 5.74) is 2.93. The van der Waals surface area contributed by atoms with E-state index < -0.39 is 12.6 Å². The summed E-state index contributed by atoms with van der Waals surface area (Å²) in [4.78, 5) is 0. The molecule has 2 aliphatic rings. The van der Waals surface area contributed by atoms with Crippen molar-refractivity contribution in [2.24, 2.45) is 5.92 Å². The summed E-state index contributed by atoms with van der Waals surface area (Å²) in [5.74, 6) is 0.584. The Morgan fingerprint density at radius 1 is 0.833 bits per heavy atom. The molecular formula is C29H43Hf. The SMILES string of the molecule is CC(C)C[C]1([Hf]([CH3])([CH3])([CH3])([CH3])([CH3])([CH3])([CH3])[CH]2C=CC=C2)C=Cc2cc3ccccc3cc21. The van der Waals surface area contributed by atoms with Gasteiger partial charge >= 0.3 is 173 Å². The van der Waals surface area contributed by atoms with E-state index in [-0.39, 0.29) is 3.17 Å². The Labute approximate surface area is 172 Å². The summed E-state index contributed by atoms with van der Waals surface area (Å²) in [7, 11) is 0. The Bertz CT molecular complexity index is 1230. The first-order valence-corrected chi connectivity index (χ1v) is 41.0. The van der Waals surface area contributed by atoms with Crippen molar-refractivity contribution in [1.82, 2.24) is 0 Å². The van der Waals surface area contributed by atoms with E-state index in [1.54, 1.807) is 0 Å². The van der Waals surface area contributed by atoms with Gasteiger partial charge in [-0.15, -0.1) is 0 Å². The van der Waals surface area contributed by atoms with Gasteiger partial charge in [-0.2, -0.15) is 0 Å². The predicted octanol–water partition coefficient (Wildman–Crippen LogP) is 10.2. The summed E-state index contributed by atoms with van der Waals surface area (Å²) in [6.07, 6.45) is 15.7. The molecular weight excluding hydrogens is 527 g/mol. The van der Waals surface area contributed by atoms with Crippen LogP contribution in [-0.4, -0.2) is 0 Å². The molecule has 0 bridgehead atoms. The fourth-order valence-corrected chi connectivity index (χ4v) is 40.8. The van der Waals surface area contributed by atoms with Crippen LogP contribution in [0.25, 0.3) is 16.8 Å². The average molecular weight is 570 g/mol. The number of rotatable bonds is 4. The Morgan fingerprint density at radius 2 is 1.37 bits per heavy atom. The van der Waals surface area contributed by atoms with Gasteiger partial charge in [0.1, 0.15) is 0 Å². The summed E-state index contributed by atoms with van der Waals surface area (Å²) >= 11 is -5.66. The van der Waals surface area contributed by atoms with Crippen LogP contribution in [0.2, 0.25) is 36.4 Å². The summed E-state index contributed by atoms with van der Waals surface area (Å²) in [6.45, 7) is 4.79. The van der Waals surface area contributed by atoms with Crippen molar-refractivity contribution in [2.75, 3.05) is 0 Å². The first-order valence-electron chi connectivity index (χ1n) is 12.0. The number of hydrogen-bond acceptors (Lipinski definition) is 0. The monoisotopic (exact) mass is 571 g/mol. The molecule has 0 saturated heterocycles. The third-order valence-corrected chi connectivity index (χ3v) is 56.2. The predicted molar refractivity (Wildman–Crippen MR) is 137 cm³/mol. The molecule has 0 saturated carbocycles. The van der Waals surface area contributed by atoms with E-state index in [9.17, 15) is 0 Å². The van der Waals surface area contributed by atoms with Crippen LogP contribution in [0.3, 0.4) is 0 Å². The van der Waals surface area contributed by atoms with Crippen LogP contribution < -0.4 is 0 Å². The molecule has 2 aromatic rings. The molecule has 1 heteroatoms. The summed E-state index contributed by atoms with van der Waals surface area (Å²) in [6, 6.07) is 13.8. The van der Waals surface area contributed by atoms with E-state index in [0.29, 0.717) is 9.59 Å². The third kappa shape index (κ3) is 2.42. The maximum absolute atomic E-state index is 5.66. The minimum atomic E-state index is -5.66. The molecule has 0 amide bonds. The Morgan fingerprint density at radius 3 is 1.90 bits per heavy atom. The van der Waals surface area contributed by atoms with Crippen LogP contribution in [0.15, 0.2) is 66.8 Å². The second-order valence-corrected chi connectivity index (χ2v) is 131. The molecule has 1 unspecified atom stereocenters. The van der Waals surface area contributed by atoms with Crippen molar-refractivity contribution in [2.45, 2.75) is 59.9 Å². The van der Waals surface area contributed by atoms with Gasteiger partial charge in [0.2, 0.25) is 0 Å². The number of fused-ring (bicyclic) bond motifs is 2. The molecule has 0 heterocycles. The fraction of sp³-hybridized carbons (Fsp3) is 0.448. The molecule has 163 valence electrons. The van der Waals surface area contributed by atoms with Gasteiger partial charge in [0.15, 0.2) is 0 Å². The second kappa shape index (κ2) is 3.87. The van der Waals surface area contributed by atoms with Crippen LogP contribution in [0.5, 0.6) is 0 Å². The number of hydrogen-bond donors (Lipinski definition) is 0. The molecule has 2 aromatic carbocycles. The molecule has 1 atom stereocenters. The van der Waals surface area contributed by atoms with Crippen molar-refractivity contribution >= 4 is 16.8 Å². The van der Waals surface area contributed by atoms with Gasteiger partial charge in [-0.1, -0.05) is 0 Å². The Balaban J connectivity index is 2.28. The molecule has 0 fully saturated rings. The molecule has 2 aliphatic carbocycles. The molecule has 0 N–H and O–H groups in total. The zero-order valence-corrected chi connectivity index (χ0v) is 24.4. The zero-order chi connectivity index (χ0) is 22.5. The van der Waals surface area contributed by atoms with E-state index in [1.165, 1.54) is 21.9 Å². The number of benzene rings is 2. The summed E-state index contributed by atoms with van der Waals surface area (Å²) in [5, 5.41) is 2.68. The normalized spacial score (nSPS) is 28.4. The van der Waals surface area contributed by atoms with Crippen LogP contribution in [0.4, 0.5) is 0 Å². The van der Waals surface area contributed by atoms with Gasteiger partial charge in [0, 0.05) is 0 Å². The molecule has 30 heavy (non-hydrogen) atoms. The standard InChI is InChI=1S/C17H17.C5H5.7CH3.Hf/c1-12(2)9-15-7-8-16-10-13-5-3-4-6-14(13)11-17(15)16;1-2-4-5-3-1;;;;;;;;/h3-8,10-12H,9H2,1-2H3;1-5H;7*1H3;. The van der Waals surface area contributed by atoms with Gasteiger partial charge in [-0.3, -0.25) is 0 Å². The second-order valence-electron chi connectivity index (χ2n) is 21.4. The third-order valence-electron chi connectivity index (χ3n) is 10.3. The molecule has 0 aliphatic heterocycles. The van der Waals surface area contributed by atoms with E-state index in [2.05, 4.69) is 119 Å². The average Bonchev–Trinajstić information content (AvgIpc) is 3.21. The zero-order valence-electron chi connectivity index (χ0n) is 20.8. The Kier molecular flexibility index (Phi) is 2.84. The molecule has 0 aromatic heterocycles. The van der Waals surface area contributed by atoms with Gasteiger partial charge in [-0.05, 0) is 0 Å². The summed E-state index contributed by atoms with van der Waals surface area (Å²) < 4.78 is 19.4. The van der Waals surface area contributed by atoms with Crippen molar-refractivity contribution in [3.63, 3.8) is 0 Å². The van der Waals surface area contributed by atoms with Crippen LogP contribution >= 0.6 is 0 Å². The molecule has 0 nitrogen and oxygen atoms in total. The van der Waals surface area contributed by atoms with Crippen molar-refractivity contribution in [1.29, 1.82) is 0 Å². The van der Waals surface area contributed by atoms with Crippen LogP contribution in [0.1, 0.15) is 31.4 Å². The molecule has 0 radical (unpaired) electrons. The fourth-order valence-electron chi connectivity index (χ4n) is 7.52. The van der Waals surface area contributed by atoms with Gasteiger partial charge < -0.3 is 0 Å². The van der Waals surface area contributed by atoms with Crippen molar-refractivity contribution in [3.8, 4) is 0 Å². The van der Waals surface area contributed by atoms with Crippen LogP contribution in [0, 0.1) is 5.92 Å².